The van der Waals surface area contributed by atoms with Crippen molar-refractivity contribution in [2.75, 3.05) is 37.4 Å². The number of anilines is 2. The number of fused-ring (bicyclic) bond motifs is 2. The van der Waals surface area contributed by atoms with Crippen molar-refractivity contribution >= 4 is 34.1 Å². The number of rotatable bonds is 8. The van der Waals surface area contributed by atoms with Crippen LogP contribution in [-0.2, 0) is 6.54 Å². The van der Waals surface area contributed by atoms with Crippen LogP contribution in [0.15, 0.2) is 85.2 Å². The largest absolute Gasteiger partial charge is 0.488 e. The summed E-state index contributed by atoms with van der Waals surface area (Å²) < 4.78 is 6.50. The Balaban J connectivity index is 1.37. The van der Waals surface area contributed by atoms with Gasteiger partial charge in [-0.1, -0.05) is 43.3 Å². The third kappa shape index (κ3) is 6.70. The molecule has 0 fully saturated rings. The summed E-state index contributed by atoms with van der Waals surface area (Å²) in [6, 6.07) is 21.8. The first-order valence-corrected chi connectivity index (χ1v) is 14.2. The third-order valence-corrected chi connectivity index (χ3v) is 7.65. The number of hydrogen-bond donors (Lipinski definition) is 3. The second-order valence-electron chi connectivity index (χ2n) is 11.0. The highest BCUT2D eigenvalue weighted by molar-refractivity contribution is 6.07. The number of hydrogen-bond acceptors (Lipinski definition) is 6. The number of carbonyl (C=O) groups is 2. The lowest BCUT2D eigenvalue weighted by Crippen LogP contribution is -2.49. The zero-order valence-electron chi connectivity index (χ0n) is 24.2. The summed E-state index contributed by atoms with van der Waals surface area (Å²) in [6.45, 7) is 5.52. The van der Waals surface area contributed by atoms with Gasteiger partial charge in [0.25, 0.3) is 5.91 Å². The van der Waals surface area contributed by atoms with E-state index in [4.69, 9.17) is 4.74 Å². The molecule has 0 radical (unpaired) electrons. The van der Waals surface area contributed by atoms with Gasteiger partial charge in [-0.2, -0.15) is 0 Å². The minimum atomic E-state index is -0.421. The molecule has 9 nitrogen and oxygen atoms in total. The van der Waals surface area contributed by atoms with Crippen molar-refractivity contribution in [2.45, 2.75) is 32.5 Å². The normalized spacial score (nSPS) is 17.6. The van der Waals surface area contributed by atoms with E-state index in [0.717, 1.165) is 22.9 Å². The quantitative estimate of drug-likeness (QED) is 0.269. The highest BCUT2D eigenvalue weighted by Crippen LogP contribution is 2.31. The van der Waals surface area contributed by atoms with Gasteiger partial charge in [0.05, 0.1) is 23.9 Å². The summed E-state index contributed by atoms with van der Waals surface area (Å²) in [6.07, 6.45) is 3.34. The number of aromatic nitrogens is 1. The molecular formula is C33H37N5O4. The number of nitrogens with zero attached hydrogens (tertiary/aromatic N) is 3. The summed E-state index contributed by atoms with van der Waals surface area (Å²) in [7, 11) is 2.04. The number of aliphatic hydroxyl groups is 1. The molecule has 218 valence electrons. The monoisotopic (exact) mass is 567 g/mol. The van der Waals surface area contributed by atoms with E-state index in [2.05, 4.69) is 27.4 Å². The maximum atomic E-state index is 13.8. The van der Waals surface area contributed by atoms with E-state index in [1.165, 1.54) is 0 Å². The van der Waals surface area contributed by atoms with Crippen LogP contribution in [0.25, 0.3) is 10.8 Å². The van der Waals surface area contributed by atoms with Crippen LogP contribution in [0.2, 0.25) is 0 Å². The zero-order chi connectivity index (χ0) is 29.6. The molecule has 0 bridgehead atoms. The van der Waals surface area contributed by atoms with Crippen LogP contribution in [0, 0.1) is 5.92 Å². The van der Waals surface area contributed by atoms with E-state index in [1.807, 2.05) is 68.6 Å². The number of amides is 3. The molecule has 5 rings (SSSR count). The molecule has 3 aromatic carbocycles. The van der Waals surface area contributed by atoms with Crippen LogP contribution in [0.4, 0.5) is 16.2 Å². The Hall–Kier alpha value is -4.47. The average Bonchev–Trinajstić information content (AvgIpc) is 2.99. The van der Waals surface area contributed by atoms with Gasteiger partial charge in [0.2, 0.25) is 0 Å². The molecule has 42 heavy (non-hydrogen) atoms. The Morgan fingerprint density at radius 3 is 2.64 bits per heavy atom. The molecular weight excluding hydrogens is 530 g/mol. The lowest BCUT2D eigenvalue weighted by atomic mass is 9.99. The van der Waals surface area contributed by atoms with Gasteiger partial charge in [0.15, 0.2) is 0 Å². The van der Waals surface area contributed by atoms with Gasteiger partial charge in [-0.15, -0.1) is 0 Å². The zero-order valence-corrected chi connectivity index (χ0v) is 24.2. The molecule has 1 aromatic heterocycles. The maximum absolute atomic E-state index is 13.8. The van der Waals surface area contributed by atoms with Gasteiger partial charge < -0.3 is 25.4 Å². The molecule has 0 saturated heterocycles. The molecule has 9 heteroatoms. The molecule has 4 aromatic rings. The summed E-state index contributed by atoms with van der Waals surface area (Å²) in [5, 5.41) is 17.7. The fourth-order valence-electron chi connectivity index (χ4n) is 5.31. The molecule has 0 saturated carbocycles. The van der Waals surface area contributed by atoms with Crippen LogP contribution in [-0.4, -0.2) is 70.7 Å². The highest BCUT2D eigenvalue weighted by atomic mass is 16.5. The number of pyridine rings is 1. The van der Waals surface area contributed by atoms with Crippen molar-refractivity contribution in [2.24, 2.45) is 5.92 Å². The Morgan fingerprint density at radius 2 is 1.86 bits per heavy atom. The minimum Gasteiger partial charge on any atom is -0.488 e. The fraction of sp³-hybridized carbons (Fsp3) is 0.303. The maximum Gasteiger partial charge on any atom is 0.323 e. The van der Waals surface area contributed by atoms with Gasteiger partial charge in [-0.3, -0.25) is 14.7 Å². The number of likely N-dealkylation sites (N-methyl/N-ethyl adjacent to an activating group) is 1. The third-order valence-electron chi connectivity index (χ3n) is 7.65. The van der Waals surface area contributed by atoms with Crippen molar-refractivity contribution in [3.05, 3.63) is 96.3 Å². The van der Waals surface area contributed by atoms with Crippen LogP contribution >= 0.6 is 0 Å². The van der Waals surface area contributed by atoms with Crippen molar-refractivity contribution < 1.29 is 19.4 Å². The standard InChI is InChI=1S/C33H37N5O4/c1-22-18-38(23(2)21-39)32(40)28-17-26(35-33(41)36-29-10-6-8-25-7-4-5-9-27(25)29)11-12-30(28)42-31(22)20-37(3)19-24-13-15-34-16-14-24/h4-17,22-23,31,39H,18-21H2,1-3H3,(H2,35,36,41)/t22-,23-,31+/m1/s1. The van der Waals surface area contributed by atoms with Crippen LogP contribution in [0.3, 0.4) is 0 Å². The minimum absolute atomic E-state index is 0.000245. The number of ether oxygens (including phenoxy) is 1. The number of aliphatic hydroxyl groups excluding tert-OH is 1. The molecule has 0 unspecified atom stereocenters. The fourth-order valence-corrected chi connectivity index (χ4v) is 5.31. The van der Waals surface area contributed by atoms with Crippen molar-refractivity contribution in [3.63, 3.8) is 0 Å². The Bertz CT molecular complexity index is 1540. The Morgan fingerprint density at radius 1 is 1.10 bits per heavy atom. The lowest BCUT2D eigenvalue weighted by molar-refractivity contribution is 0.0341. The van der Waals surface area contributed by atoms with E-state index in [0.29, 0.717) is 35.8 Å². The molecule has 0 spiro atoms. The second kappa shape index (κ2) is 13.0. The Labute approximate surface area is 246 Å². The van der Waals surface area contributed by atoms with E-state index in [-0.39, 0.29) is 30.6 Å². The number of carbonyl (C=O) groups excluding carboxylic acids is 2. The first-order valence-electron chi connectivity index (χ1n) is 14.2. The van der Waals surface area contributed by atoms with Crippen LogP contribution in [0.1, 0.15) is 29.8 Å². The molecule has 0 aliphatic carbocycles. The lowest BCUT2D eigenvalue weighted by Gasteiger charge is -2.38. The summed E-state index contributed by atoms with van der Waals surface area (Å²) in [5.74, 6) is 0.198. The first-order chi connectivity index (χ1) is 20.3. The first kappa shape index (κ1) is 29.0. The van der Waals surface area contributed by atoms with Gasteiger partial charge in [0.1, 0.15) is 11.9 Å². The van der Waals surface area contributed by atoms with E-state index < -0.39 is 6.03 Å². The highest BCUT2D eigenvalue weighted by Gasteiger charge is 2.33. The predicted octanol–water partition coefficient (Wildman–Crippen LogP) is 5.23. The van der Waals surface area contributed by atoms with Crippen LogP contribution in [0.5, 0.6) is 5.75 Å². The van der Waals surface area contributed by atoms with Gasteiger partial charge in [0, 0.05) is 49.0 Å². The van der Waals surface area contributed by atoms with Crippen LogP contribution < -0.4 is 15.4 Å². The van der Waals surface area contributed by atoms with Crippen molar-refractivity contribution in [3.8, 4) is 5.75 Å². The van der Waals surface area contributed by atoms with E-state index >= 15 is 0 Å². The van der Waals surface area contributed by atoms with Crippen molar-refractivity contribution in [1.29, 1.82) is 0 Å². The number of urea groups is 1. The number of benzene rings is 3. The van der Waals surface area contributed by atoms with Gasteiger partial charge in [-0.25, -0.2) is 4.79 Å². The molecule has 3 N–H and O–H groups in total. The summed E-state index contributed by atoms with van der Waals surface area (Å²) in [5.41, 5.74) is 2.63. The summed E-state index contributed by atoms with van der Waals surface area (Å²) in [4.78, 5) is 34.7. The number of nitrogens with one attached hydrogen (secondary N) is 2. The van der Waals surface area contributed by atoms with Gasteiger partial charge in [-0.05, 0) is 61.3 Å². The second-order valence-corrected chi connectivity index (χ2v) is 11.0. The molecule has 3 amide bonds. The SMILES string of the molecule is C[C@@H]1CN([C@H](C)CO)C(=O)c2cc(NC(=O)Nc3cccc4ccccc34)ccc2O[C@H]1CN(C)Cc1ccncc1. The van der Waals surface area contributed by atoms with Gasteiger partial charge >= 0.3 is 6.03 Å². The smallest absolute Gasteiger partial charge is 0.323 e. The average molecular weight is 568 g/mol. The molecule has 1 aliphatic rings. The van der Waals surface area contributed by atoms with E-state index in [1.54, 1.807) is 35.5 Å². The summed E-state index contributed by atoms with van der Waals surface area (Å²) >= 11 is 0. The predicted molar refractivity (Wildman–Crippen MR) is 165 cm³/mol. The molecule has 2 heterocycles. The topological polar surface area (TPSA) is 107 Å². The van der Waals surface area contributed by atoms with Crippen molar-refractivity contribution in [1.82, 2.24) is 14.8 Å². The molecule has 3 atom stereocenters. The van der Waals surface area contributed by atoms with E-state index in [9.17, 15) is 14.7 Å². The Kier molecular flexibility index (Phi) is 9.00. The molecule has 1 aliphatic heterocycles.